The molecule has 100 valence electrons. The molecule has 0 saturated carbocycles. The molecule has 1 aromatic heterocycles. The second kappa shape index (κ2) is 5.79. The minimum Gasteiger partial charge on any atom is -0.493 e. The summed E-state index contributed by atoms with van der Waals surface area (Å²) in [6.45, 7) is 0.117. The van der Waals surface area contributed by atoms with Crippen LogP contribution in [0.5, 0.6) is 11.5 Å². The van der Waals surface area contributed by atoms with Crippen LogP contribution in [-0.2, 0) is 6.61 Å². The number of hydrogen-bond donors (Lipinski definition) is 1. The molecule has 0 bridgehead atoms. The molecule has 0 aliphatic carbocycles. The Kier molecular flexibility index (Phi) is 4.11. The standard InChI is InChI=1S/C13H11BrO5/c1-17-10-4-2-3-9(13(15)16)12(10)18-7-8-5-6-11(14)19-8/h2-6H,7H2,1H3,(H,15,16). The Morgan fingerprint density at radius 1 is 1.37 bits per heavy atom. The number of halogens is 1. The summed E-state index contributed by atoms with van der Waals surface area (Å²) in [7, 11) is 1.46. The van der Waals surface area contributed by atoms with Crippen molar-refractivity contribution in [2.75, 3.05) is 7.11 Å². The number of hydrogen-bond acceptors (Lipinski definition) is 4. The molecule has 0 atom stereocenters. The summed E-state index contributed by atoms with van der Waals surface area (Å²) in [5.74, 6) is 0.0548. The van der Waals surface area contributed by atoms with Crippen molar-refractivity contribution in [2.24, 2.45) is 0 Å². The number of furan rings is 1. The molecule has 1 N–H and O–H groups in total. The van der Waals surface area contributed by atoms with Crippen LogP contribution in [-0.4, -0.2) is 18.2 Å². The van der Waals surface area contributed by atoms with Crippen molar-refractivity contribution in [1.29, 1.82) is 0 Å². The maximum Gasteiger partial charge on any atom is 0.339 e. The summed E-state index contributed by atoms with van der Waals surface area (Å²) in [5, 5.41) is 9.12. The van der Waals surface area contributed by atoms with Gasteiger partial charge in [-0.05, 0) is 40.2 Å². The van der Waals surface area contributed by atoms with Gasteiger partial charge in [-0.3, -0.25) is 0 Å². The van der Waals surface area contributed by atoms with Crippen molar-refractivity contribution in [3.8, 4) is 11.5 Å². The maximum absolute atomic E-state index is 11.1. The number of carboxylic acid groups (broad SMARTS) is 1. The van der Waals surface area contributed by atoms with Crippen molar-refractivity contribution in [3.05, 3.63) is 46.3 Å². The zero-order valence-electron chi connectivity index (χ0n) is 10.1. The van der Waals surface area contributed by atoms with E-state index in [4.69, 9.17) is 19.0 Å². The molecule has 0 fully saturated rings. The number of carboxylic acids is 1. The van der Waals surface area contributed by atoms with Crippen LogP contribution in [0.3, 0.4) is 0 Å². The van der Waals surface area contributed by atoms with Gasteiger partial charge in [0.25, 0.3) is 0 Å². The zero-order chi connectivity index (χ0) is 13.8. The normalized spacial score (nSPS) is 10.2. The molecule has 0 unspecified atom stereocenters. The average Bonchev–Trinajstić information content (AvgIpc) is 2.81. The average molecular weight is 327 g/mol. The monoisotopic (exact) mass is 326 g/mol. The lowest BCUT2D eigenvalue weighted by molar-refractivity contribution is 0.0690. The Labute approximate surface area is 117 Å². The van der Waals surface area contributed by atoms with Crippen LogP contribution in [0.2, 0.25) is 0 Å². The van der Waals surface area contributed by atoms with Gasteiger partial charge in [-0.1, -0.05) is 6.07 Å². The van der Waals surface area contributed by atoms with Gasteiger partial charge >= 0.3 is 5.97 Å². The molecule has 1 aromatic carbocycles. The molecule has 0 spiro atoms. The van der Waals surface area contributed by atoms with Crippen LogP contribution in [0.25, 0.3) is 0 Å². The Balaban J connectivity index is 2.25. The van der Waals surface area contributed by atoms with E-state index < -0.39 is 5.97 Å². The van der Waals surface area contributed by atoms with Crippen molar-refractivity contribution < 1.29 is 23.8 Å². The fourth-order valence-electron chi connectivity index (χ4n) is 1.57. The highest BCUT2D eigenvalue weighted by Crippen LogP contribution is 2.32. The number of para-hydroxylation sites is 1. The van der Waals surface area contributed by atoms with Crippen molar-refractivity contribution >= 4 is 21.9 Å². The molecule has 0 saturated heterocycles. The molecule has 0 aliphatic rings. The molecular weight excluding hydrogens is 316 g/mol. The first-order chi connectivity index (χ1) is 9.11. The third-order valence-electron chi connectivity index (χ3n) is 2.42. The minimum absolute atomic E-state index is 0.0463. The van der Waals surface area contributed by atoms with Gasteiger partial charge in [-0.15, -0.1) is 0 Å². The van der Waals surface area contributed by atoms with Gasteiger partial charge in [0.1, 0.15) is 17.9 Å². The van der Waals surface area contributed by atoms with Gasteiger partial charge < -0.3 is 19.0 Å². The summed E-state index contributed by atoms with van der Waals surface area (Å²) in [6, 6.07) is 8.16. The van der Waals surface area contributed by atoms with E-state index in [0.29, 0.717) is 16.2 Å². The van der Waals surface area contributed by atoms with E-state index in [2.05, 4.69) is 15.9 Å². The minimum atomic E-state index is -1.07. The van der Waals surface area contributed by atoms with E-state index in [9.17, 15) is 4.79 Å². The number of benzene rings is 1. The molecule has 5 nitrogen and oxygen atoms in total. The highest BCUT2D eigenvalue weighted by Gasteiger charge is 2.16. The van der Waals surface area contributed by atoms with E-state index >= 15 is 0 Å². The van der Waals surface area contributed by atoms with Gasteiger partial charge in [0.05, 0.1) is 7.11 Å². The molecule has 2 rings (SSSR count). The number of methoxy groups -OCH3 is 1. The van der Waals surface area contributed by atoms with Gasteiger partial charge in [0.2, 0.25) is 0 Å². The molecule has 2 aromatic rings. The summed E-state index contributed by atoms with van der Waals surface area (Å²) in [6.07, 6.45) is 0. The van der Waals surface area contributed by atoms with E-state index in [1.165, 1.54) is 13.2 Å². The van der Waals surface area contributed by atoms with Gasteiger partial charge in [0, 0.05) is 0 Å². The maximum atomic E-state index is 11.1. The Hall–Kier alpha value is -1.95. The second-order valence-electron chi connectivity index (χ2n) is 3.64. The smallest absolute Gasteiger partial charge is 0.339 e. The van der Waals surface area contributed by atoms with E-state index in [0.717, 1.165) is 0 Å². The van der Waals surface area contributed by atoms with E-state index in [1.54, 1.807) is 24.3 Å². The molecule has 0 aliphatic heterocycles. The highest BCUT2D eigenvalue weighted by molar-refractivity contribution is 9.10. The van der Waals surface area contributed by atoms with Crippen LogP contribution in [0.1, 0.15) is 16.1 Å². The van der Waals surface area contributed by atoms with Gasteiger partial charge in [-0.25, -0.2) is 4.79 Å². The van der Waals surface area contributed by atoms with E-state index in [1.807, 2.05) is 0 Å². The predicted molar refractivity (Wildman–Crippen MR) is 70.7 cm³/mol. The lowest BCUT2D eigenvalue weighted by Gasteiger charge is -2.12. The lowest BCUT2D eigenvalue weighted by atomic mass is 10.2. The van der Waals surface area contributed by atoms with Crippen LogP contribution in [0.15, 0.2) is 39.4 Å². The van der Waals surface area contributed by atoms with Crippen molar-refractivity contribution in [1.82, 2.24) is 0 Å². The molecule has 6 heteroatoms. The largest absolute Gasteiger partial charge is 0.493 e. The summed E-state index contributed by atoms with van der Waals surface area (Å²) in [4.78, 5) is 11.1. The predicted octanol–water partition coefficient (Wildman–Crippen LogP) is 3.33. The fourth-order valence-corrected chi connectivity index (χ4v) is 1.91. The quantitative estimate of drug-likeness (QED) is 0.912. The summed E-state index contributed by atoms with van der Waals surface area (Å²) in [5.41, 5.74) is 0.0463. The molecule has 1 heterocycles. The molecule has 19 heavy (non-hydrogen) atoms. The first-order valence-corrected chi connectivity index (χ1v) is 6.18. The van der Waals surface area contributed by atoms with E-state index in [-0.39, 0.29) is 17.9 Å². The van der Waals surface area contributed by atoms with Crippen LogP contribution < -0.4 is 9.47 Å². The van der Waals surface area contributed by atoms with Crippen molar-refractivity contribution in [2.45, 2.75) is 6.61 Å². The number of carbonyl (C=O) groups is 1. The zero-order valence-corrected chi connectivity index (χ0v) is 11.6. The highest BCUT2D eigenvalue weighted by atomic mass is 79.9. The third-order valence-corrected chi connectivity index (χ3v) is 2.84. The molecule has 0 radical (unpaired) electrons. The Bertz CT molecular complexity index is 590. The Morgan fingerprint density at radius 3 is 2.74 bits per heavy atom. The van der Waals surface area contributed by atoms with Crippen molar-refractivity contribution in [3.63, 3.8) is 0 Å². The van der Waals surface area contributed by atoms with Gasteiger partial charge in [-0.2, -0.15) is 0 Å². The lowest BCUT2D eigenvalue weighted by Crippen LogP contribution is -2.04. The first-order valence-electron chi connectivity index (χ1n) is 5.39. The second-order valence-corrected chi connectivity index (χ2v) is 4.42. The topological polar surface area (TPSA) is 68.9 Å². The third kappa shape index (κ3) is 3.08. The number of rotatable bonds is 5. The fraction of sp³-hybridized carbons (Fsp3) is 0.154. The molecule has 0 amide bonds. The Morgan fingerprint density at radius 2 is 2.16 bits per heavy atom. The van der Waals surface area contributed by atoms with Crippen LogP contribution >= 0.6 is 15.9 Å². The first kappa shape index (κ1) is 13.5. The summed E-state index contributed by atoms with van der Waals surface area (Å²) >= 11 is 3.18. The SMILES string of the molecule is COc1cccc(C(=O)O)c1OCc1ccc(Br)o1. The van der Waals surface area contributed by atoms with Crippen LogP contribution in [0.4, 0.5) is 0 Å². The van der Waals surface area contributed by atoms with Crippen LogP contribution in [0, 0.1) is 0 Å². The molecular formula is C13H11BrO5. The number of ether oxygens (including phenoxy) is 2. The number of aromatic carboxylic acids is 1. The summed E-state index contributed by atoms with van der Waals surface area (Å²) < 4.78 is 16.5. The van der Waals surface area contributed by atoms with Gasteiger partial charge in [0.15, 0.2) is 16.2 Å².